The highest BCUT2D eigenvalue weighted by Gasteiger charge is 2.35. The van der Waals surface area contributed by atoms with Gasteiger partial charge in [0.15, 0.2) is 0 Å². The number of urea groups is 4. The van der Waals surface area contributed by atoms with Gasteiger partial charge in [-0.15, -0.1) is 23.5 Å². The number of aliphatic carboxylic acids is 1. The Morgan fingerprint density at radius 1 is 0.600 bits per heavy atom. The highest BCUT2D eigenvalue weighted by molar-refractivity contribution is 8.00. The van der Waals surface area contributed by atoms with E-state index in [2.05, 4.69) is 48.3 Å². The van der Waals surface area contributed by atoms with Crippen molar-refractivity contribution in [1.29, 1.82) is 0 Å². The lowest BCUT2D eigenvalue weighted by molar-refractivity contribution is -0.156. The molecule has 0 saturated carbocycles. The van der Waals surface area contributed by atoms with Gasteiger partial charge >= 0.3 is 42.0 Å². The second-order valence-electron chi connectivity index (χ2n) is 17.0. The number of thioether (sulfide) groups is 2. The summed E-state index contributed by atoms with van der Waals surface area (Å²) in [6.07, 6.45) is 3.81. The molecular formula is C49H82N14O15S2. The number of cyclic esters (lactones) is 2. The molecule has 7 heterocycles. The summed E-state index contributed by atoms with van der Waals surface area (Å²) < 4.78 is 4.19. The maximum Gasteiger partial charge on any atom is 0.323 e. The summed E-state index contributed by atoms with van der Waals surface area (Å²) in [7, 11) is 0. The van der Waals surface area contributed by atoms with E-state index in [-0.39, 0.29) is 91.5 Å². The molecule has 31 heteroatoms. The number of nitrogens with one attached hydrogen (secondary N) is 6. The standard InChI is InChI=1S/C14H15N3O3.C10H17N3O4S.C8H5NO2.C6H13N3O.C6H12N2O2.C4H4O3S.CH4.H4N2.4H2/c18-12-10-4-1-2-5-11(10)13(19)17(12)9-8-16-7-3-6-15-14(16)20;14-8(6-18-7-9(15)16)11-3-5-13-4-1-2-12-10(13)17;10-7-5-3-1-2-4-6(5)8(11)9-7;7-2-5-9-4-1-3-8-6(9)10;9-5-4-8-3-1-2-7-6(8)10;5-3-1-8-2-4(6)7-3;;1-2;;;;/h1-2,4-5H,3,6-9H2,(H,15,20);1-7H2,(H,11,14)(H,12,17)(H,15,16);1-4H,(H,9,10,11);1-5,7H2,(H,8,10);9H,1-5H2,(H,7,10);1-2H2;1H4;1-2H2;4*1H. The molecule has 2 aromatic carbocycles. The van der Waals surface area contributed by atoms with E-state index in [9.17, 15) is 57.5 Å². The number of carboxylic acid groups (broad SMARTS) is 1. The van der Waals surface area contributed by atoms with Crippen molar-refractivity contribution in [3.05, 3.63) is 70.8 Å². The number of fused-ring (bicyclic) bond motifs is 2. The first kappa shape index (κ1) is 68.5. The number of carbonyl (C=O) groups excluding carboxylic acids is 11. The third-order valence-corrected chi connectivity index (χ3v) is 13.2. The predicted octanol–water partition coefficient (Wildman–Crippen LogP) is -0.400. The first-order chi connectivity index (χ1) is 38.0. The Labute approximate surface area is 477 Å². The van der Waals surface area contributed by atoms with Crippen molar-refractivity contribution in [1.82, 2.24) is 56.4 Å². The fourth-order valence-corrected chi connectivity index (χ4v) is 8.76. The van der Waals surface area contributed by atoms with Crippen LogP contribution in [0.3, 0.4) is 0 Å². The predicted molar refractivity (Wildman–Crippen MR) is 304 cm³/mol. The van der Waals surface area contributed by atoms with Crippen LogP contribution in [0.2, 0.25) is 0 Å². The Kier molecular flexibility index (Phi) is 32.6. The third kappa shape index (κ3) is 23.8. The van der Waals surface area contributed by atoms with Gasteiger partial charge in [-0.05, 0) is 49.9 Å². The van der Waals surface area contributed by atoms with Crippen LogP contribution in [0.25, 0.3) is 0 Å². The highest BCUT2D eigenvalue weighted by atomic mass is 32.2. The van der Waals surface area contributed by atoms with Gasteiger partial charge in [0.25, 0.3) is 23.6 Å². The average molecular weight is 1170 g/mol. The molecule has 0 radical (unpaired) electrons. The van der Waals surface area contributed by atoms with Crippen LogP contribution in [-0.2, 0) is 23.9 Å². The Morgan fingerprint density at radius 2 is 1.00 bits per heavy atom. The number of nitrogens with two attached hydrogens (primary N) is 3. The van der Waals surface area contributed by atoms with Gasteiger partial charge in [-0.3, -0.25) is 60.3 Å². The first-order valence-corrected chi connectivity index (χ1v) is 27.4. The van der Waals surface area contributed by atoms with E-state index in [1.165, 1.54) is 16.7 Å². The molecular weight excluding hydrogens is 1090 g/mol. The molecule has 0 aromatic heterocycles. The number of esters is 2. The number of carbonyl (C=O) groups is 12. The summed E-state index contributed by atoms with van der Waals surface area (Å²) in [6.45, 7) is 9.13. The number of amides is 13. The summed E-state index contributed by atoms with van der Waals surface area (Å²) in [4.78, 5) is 141. The van der Waals surface area contributed by atoms with Crippen molar-refractivity contribution >= 4 is 95.1 Å². The summed E-state index contributed by atoms with van der Waals surface area (Å²) in [5.74, 6) is 5.52. The minimum absolute atomic E-state index is 0. The molecule has 5 fully saturated rings. The molecule has 14 N–H and O–H groups in total. The van der Waals surface area contributed by atoms with E-state index in [1.807, 2.05) is 0 Å². The van der Waals surface area contributed by atoms with E-state index in [1.54, 1.807) is 68.1 Å². The van der Waals surface area contributed by atoms with Gasteiger partial charge in [-0.2, -0.15) is 0 Å². The number of rotatable bonds is 14. The minimum atomic E-state index is -0.933. The van der Waals surface area contributed by atoms with Crippen LogP contribution in [0.4, 0.5) is 19.2 Å². The van der Waals surface area contributed by atoms with Crippen molar-refractivity contribution in [2.24, 2.45) is 17.4 Å². The second-order valence-corrected chi connectivity index (χ2v) is 19.0. The van der Waals surface area contributed by atoms with Gasteiger partial charge in [0.2, 0.25) is 5.91 Å². The molecule has 13 amide bonds. The number of aliphatic hydroxyl groups is 1. The van der Waals surface area contributed by atoms with E-state index in [0.29, 0.717) is 99.2 Å². The van der Waals surface area contributed by atoms with Gasteiger partial charge in [-0.25, -0.2) is 19.2 Å². The SMILES string of the molecule is C.NCCN1CCCNC1=O.NN.O=C(O)CSCC(=O)NCCN1CCCNC1=O.O=C1CSCC(=O)O1.O=C1NC(=O)c2ccccc21.O=C1NCCCN1CCN1C(=O)c2ccccc2C1=O.O=C1NCCCN1CCO.[HH].[HH].[HH].[HH]. The number of nitrogens with zero attached hydrogens (tertiary/aromatic N) is 5. The lowest BCUT2D eigenvalue weighted by atomic mass is 10.1. The van der Waals surface area contributed by atoms with E-state index < -0.39 is 17.9 Å². The smallest absolute Gasteiger partial charge is 0.323 e. The van der Waals surface area contributed by atoms with Crippen LogP contribution in [0, 0.1) is 0 Å². The van der Waals surface area contributed by atoms with Crippen LogP contribution in [0.5, 0.6) is 0 Å². The minimum Gasteiger partial charge on any atom is -0.481 e. The Bertz CT molecular complexity index is 2350. The molecule has 450 valence electrons. The molecule has 0 atom stereocenters. The van der Waals surface area contributed by atoms with Crippen LogP contribution in [0.15, 0.2) is 48.5 Å². The molecule has 2 aromatic rings. The van der Waals surface area contributed by atoms with Gasteiger partial charge in [0.05, 0.1) is 51.9 Å². The van der Waals surface area contributed by atoms with Crippen molar-refractivity contribution in [2.45, 2.75) is 33.1 Å². The number of aliphatic hydroxyl groups excluding tert-OH is 1. The largest absolute Gasteiger partial charge is 0.481 e. The first-order valence-electron chi connectivity index (χ1n) is 25.1. The number of ether oxygens (including phenoxy) is 1. The topological polar surface area (TPSA) is 421 Å². The fourth-order valence-electron chi connectivity index (χ4n) is 7.64. The lowest BCUT2D eigenvalue weighted by Gasteiger charge is -2.28. The van der Waals surface area contributed by atoms with E-state index in [0.717, 1.165) is 63.6 Å². The van der Waals surface area contributed by atoms with Gasteiger partial charge < -0.3 is 66.9 Å². The average Bonchev–Trinajstić information content (AvgIpc) is 4.15. The summed E-state index contributed by atoms with van der Waals surface area (Å²) in [5, 5.41) is 32.7. The Balaban J connectivity index is -0.000000947. The molecule has 7 aliphatic rings. The number of hydrogen-bond acceptors (Lipinski definition) is 19. The summed E-state index contributed by atoms with van der Waals surface area (Å²) >= 11 is 2.34. The van der Waals surface area contributed by atoms with E-state index in [4.69, 9.17) is 15.9 Å². The number of carboxylic acids is 1. The van der Waals surface area contributed by atoms with Crippen molar-refractivity contribution < 1.29 is 78.2 Å². The number of hydrogen-bond donors (Lipinski definition) is 11. The molecule has 7 aliphatic heterocycles. The number of benzene rings is 2. The highest BCUT2D eigenvalue weighted by Crippen LogP contribution is 2.22. The molecule has 0 unspecified atom stereocenters. The Morgan fingerprint density at radius 3 is 1.38 bits per heavy atom. The van der Waals surface area contributed by atoms with Crippen LogP contribution in [0.1, 0.15) is 80.2 Å². The van der Waals surface area contributed by atoms with E-state index >= 15 is 0 Å². The molecule has 0 spiro atoms. The van der Waals surface area contributed by atoms with Gasteiger partial charge in [-0.1, -0.05) is 31.7 Å². The van der Waals surface area contributed by atoms with Crippen LogP contribution in [-0.4, -0.2) is 234 Å². The molecule has 29 nitrogen and oxygen atoms in total. The number of imide groups is 2. The van der Waals surface area contributed by atoms with Crippen LogP contribution >= 0.6 is 23.5 Å². The summed E-state index contributed by atoms with van der Waals surface area (Å²) in [6, 6.07) is 13.3. The maximum absolute atomic E-state index is 12.1. The van der Waals surface area contributed by atoms with Gasteiger partial charge in [0, 0.05) is 104 Å². The summed E-state index contributed by atoms with van der Waals surface area (Å²) in [5.41, 5.74) is 7.13. The molecule has 5 saturated heterocycles. The number of β-amino-alcohol motifs (C(OH)–C–C–N with tert-alkyl or cyclic N) is 1. The molecule has 80 heavy (non-hydrogen) atoms. The van der Waals surface area contributed by atoms with Crippen molar-refractivity contribution in [2.75, 3.05) is 128 Å². The monoisotopic (exact) mass is 1170 g/mol. The fraction of sp³-hybridized carbons (Fsp3) is 0.510. The lowest BCUT2D eigenvalue weighted by Crippen LogP contribution is -2.49. The number of hydrazine groups is 1. The van der Waals surface area contributed by atoms with Crippen molar-refractivity contribution in [3.63, 3.8) is 0 Å². The van der Waals surface area contributed by atoms with Crippen LogP contribution < -0.4 is 49.3 Å². The zero-order chi connectivity index (χ0) is 58.1. The molecule has 0 aliphatic carbocycles. The third-order valence-electron chi connectivity index (χ3n) is 11.4. The zero-order valence-corrected chi connectivity index (χ0v) is 45.2. The maximum atomic E-state index is 12.1. The second kappa shape index (κ2) is 38.1. The normalized spacial score (nSPS) is 16.8. The Hall–Kier alpha value is -7.58. The van der Waals surface area contributed by atoms with Gasteiger partial charge in [0.1, 0.15) is 0 Å². The quantitative estimate of drug-likeness (QED) is 0.0377. The zero-order valence-electron chi connectivity index (χ0n) is 43.6. The van der Waals surface area contributed by atoms with Crippen molar-refractivity contribution in [3.8, 4) is 0 Å². The molecule has 9 rings (SSSR count). The molecule has 0 bridgehead atoms.